The van der Waals surface area contributed by atoms with Crippen LogP contribution in [0.15, 0.2) is 30.5 Å². The molecule has 0 saturated carbocycles. The molecule has 0 saturated heterocycles. The van der Waals surface area contributed by atoms with Crippen LogP contribution in [-0.2, 0) is 0 Å². The van der Waals surface area contributed by atoms with Crippen molar-refractivity contribution >= 4 is 23.1 Å². The third-order valence-electron chi connectivity index (χ3n) is 3.13. The lowest BCUT2D eigenvalue weighted by atomic mass is 10.2. The highest BCUT2D eigenvalue weighted by Gasteiger charge is 2.04. The number of hydrogen-bond acceptors (Lipinski definition) is 5. The van der Waals surface area contributed by atoms with Gasteiger partial charge in [0.05, 0.1) is 0 Å². The minimum Gasteiger partial charge on any atom is -0.378 e. The number of rotatable bonds is 6. The Morgan fingerprint density at radius 3 is 2.76 bits per heavy atom. The SMILES string of the molecule is CCCNc1nc(Nc2cccc(N(C)C)c2)ncc1C. The molecule has 0 aliphatic heterocycles. The first kappa shape index (κ1) is 15.1. The fourth-order valence-electron chi connectivity index (χ4n) is 1.92. The van der Waals surface area contributed by atoms with Crippen molar-refractivity contribution in [1.29, 1.82) is 0 Å². The zero-order valence-electron chi connectivity index (χ0n) is 13.1. The zero-order chi connectivity index (χ0) is 15.2. The fourth-order valence-corrected chi connectivity index (χ4v) is 1.92. The summed E-state index contributed by atoms with van der Waals surface area (Å²) in [6.45, 7) is 5.05. The van der Waals surface area contributed by atoms with Gasteiger partial charge in [0.1, 0.15) is 5.82 Å². The second-order valence-corrected chi connectivity index (χ2v) is 5.22. The summed E-state index contributed by atoms with van der Waals surface area (Å²) in [5.74, 6) is 1.49. The first-order valence-electron chi connectivity index (χ1n) is 7.22. The molecule has 1 heterocycles. The van der Waals surface area contributed by atoms with Crippen molar-refractivity contribution in [3.05, 3.63) is 36.0 Å². The minimum atomic E-state index is 0.607. The van der Waals surface area contributed by atoms with Crippen LogP contribution < -0.4 is 15.5 Å². The van der Waals surface area contributed by atoms with Crippen LogP contribution in [-0.4, -0.2) is 30.6 Å². The summed E-state index contributed by atoms with van der Waals surface area (Å²) in [5, 5.41) is 6.57. The Kier molecular flexibility index (Phi) is 4.98. The monoisotopic (exact) mass is 285 g/mol. The van der Waals surface area contributed by atoms with Gasteiger partial charge in [0, 0.05) is 43.8 Å². The maximum Gasteiger partial charge on any atom is 0.229 e. The number of nitrogens with zero attached hydrogens (tertiary/aromatic N) is 3. The van der Waals surface area contributed by atoms with Crippen LogP contribution in [0.3, 0.4) is 0 Å². The highest BCUT2D eigenvalue weighted by Crippen LogP contribution is 2.21. The number of aryl methyl sites for hydroxylation is 1. The van der Waals surface area contributed by atoms with Crippen LogP contribution in [0.1, 0.15) is 18.9 Å². The largest absolute Gasteiger partial charge is 0.378 e. The Labute approximate surface area is 126 Å². The van der Waals surface area contributed by atoms with Crippen LogP contribution in [0.5, 0.6) is 0 Å². The van der Waals surface area contributed by atoms with E-state index in [0.29, 0.717) is 5.95 Å². The van der Waals surface area contributed by atoms with Gasteiger partial charge in [-0.2, -0.15) is 4.98 Å². The lowest BCUT2D eigenvalue weighted by Crippen LogP contribution is -2.09. The van der Waals surface area contributed by atoms with E-state index >= 15 is 0 Å². The van der Waals surface area contributed by atoms with Crippen LogP contribution in [0.4, 0.5) is 23.1 Å². The van der Waals surface area contributed by atoms with Gasteiger partial charge in [0.25, 0.3) is 0 Å². The molecule has 0 fully saturated rings. The van der Waals surface area contributed by atoms with Crippen molar-refractivity contribution in [1.82, 2.24) is 9.97 Å². The van der Waals surface area contributed by atoms with Crippen LogP contribution in [0, 0.1) is 6.92 Å². The molecule has 112 valence electrons. The van der Waals surface area contributed by atoms with E-state index in [2.05, 4.69) is 44.6 Å². The maximum atomic E-state index is 4.53. The molecule has 0 aliphatic carbocycles. The zero-order valence-corrected chi connectivity index (χ0v) is 13.1. The van der Waals surface area contributed by atoms with Gasteiger partial charge in [0.15, 0.2) is 0 Å². The Morgan fingerprint density at radius 1 is 1.24 bits per heavy atom. The predicted molar refractivity (Wildman–Crippen MR) is 89.6 cm³/mol. The highest BCUT2D eigenvalue weighted by atomic mass is 15.1. The molecule has 5 heteroatoms. The second-order valence-electron chi connectivity index (χ2n) is 5.22. The van der Waals surface area contributed by atoms with E-state index in [1.807, 2.05) is 39.3 Å². The van der Waals surface area contributed by atoms with Gasteiger partial charge >= 0.3 is 0 Å². The van der Waals surface area contributed by atoms with E-state index < -0.39 is 0 Å². The second kappa shape index (κ2) is 6.92. The van der Waals surface area contributed by atoms with Gasteiger partial charge < -0.3 is 15.5 Å². The molecule has 1 aromatic carbocycles. The summed E-state index contributed by atoms with van der Waals surface area (Å²) in [6, 6.07) is 8.16. The Balaban J connectivity index is 2.17. The Morgan fingerprint density at radius 2 is 2.05 bits per heavy atom. The fraction of sp³-hybridized carbons (Fsp3) is 0.375. The average Bonchev–Trinajstić information content (AvgIpc) is 2.48. The molecule has 2 N–H and O–H groups in total. The Hall–Kier alpha value is -2.30. The van der Waals surface area contributed by atoms with Crippen molar-refractivity contribution in [2.45, 2.75) is 20.3 Å². The first-order valence-corrected chi connectivity index (χ1v) is 7.22. The molecule has 5 nitrogen and oxygen atoms in total. The van der Waals surface area contributed by atoms with Gasteiger partial charge in [-0.3, -0.25) is 0 Å². The van der Waals surface area contributed by atoms with E-state index in [0.717, 1.165) is 35.7 Å². The third-order valence-corrected chi connectivity index (χ3v) is 3.13. The molecule has 21 heavy (non-hydrogen) atoms. The Bertz CT molecular complexity index is 595. The number of anilines is 4. The minimum absolute atomic E-state index is 0.607. The van der Waals surface area contributed by atoms with Crippen molar-refractivity contribution in [2.24, 2.45) is 0 Å². The van der Waals surface area contributed by atoms with E-state index in [1.165, 1.54) is 0 Å². The smallest absolute Gasteiger partial charge is 0.229 e. The van der Waals surface area contributed by atoms with Crippen molar-refractivity contribution in [3.8, 4) is 0 Å². The highest BCUT2D eigenvalue weighted by molar-refractivity contribution is 5.62. The van der Waals surface area contributed by atoms with Crippen molar-refractivity contribution < 1.29 is 0 Å². The van der Waals surface area contributed by atoms with E-state index in [9.17, 15) is 0 Å². The first-order chi connectivity index (χ1) is 10.1. The standard InChI is InChI=1S/C16H23N5/c1-5-9-17-15-12(2)11-18-16(20-15)19-13-7-6-8-14(10-13)21(3)4/h6-8,10-11H,5,9H2,1-4H3,(H2,17,18,19,20). The van der Waals surface area contributed by atoms with Crippen LogP contribution in [0.2, 0.25) is 0 Å². The number of nitrogens with one attached hydrogen (secondary N) is 2. The van der Waals surface area contributed by atoms with Gasteiger partial charge in [-0.05, 0) is 31.5 Å². The summed E-state index contributed by atoms with van der Waals surface area (Å²) in [4.78, 5) is 10.9. The van der Waals surface area contributed by atoms with Crippen LogP contribution in [0.25, 0.3) is 0 Å². The summed E-state index contributed by atoms with van der Waals surface area (Å²) >= 11 is 0. The normalized spacial score (nSPS) is 10.3. The maximum absolute atomic E-state index is 4.53. The summed E-state index contributed by atoms with van der Waals surface area (Å²) < 4.78 is 0. The summed E-state index contributed by atoms with van der Waals surface area (Å²) in [7, 11) is 4.04. The van der Waals surface area contributed by atoms with Gasteiger partial charge in [0.2, 0.25) is 5.95 Å². The average molecular weight is 285 g/mol. The van der Waals surface area contributed by atoms with E-state index in [4.69, 9.17) is 0 Å². The van der Waals surface area contributed by atoms with Gasteiger partial charge in [-0.25, -0.2) is 4.98 Å². The molecule has 0 aliphatic rings. The van der Waals surface area contributed by atoms with Crippen LogP contribution >= 0.6 is 0 Å². The molecular weight excluding hydrogens is 262 g/mol. The van der Waals surface area contributed by atoms with E-state index in [-0.39, 0.29) is 0 Å². The number of hydrogen-bond donors (Lipinski definition) is 2. The number of aromatic nitrogens is 2. The molecule has 0 amide bonds. The van der Waals surface area contributed by atoms with Gasteiger partial charge in [-0.15, -0.1) is 0 Å². The van der Waals surface area contributed by atoms with E-state index in [1.54, 1.807) is 0 Å². The molecule has 0 radical (unpaired) electrons. The topological polar surface area (TPSA) is 53.1 Å². The number of benzene rings is 1. The third kappa shape index (κ3) is 4.08. The van der Waals surface area contributed by atoms with Gasteiger partial charge in [-0.1, -0.05) is 13.0 Å². The molecular formula is C16H23N5. The lowest BCUT2D eigenvalue weighted by Gasteiger charge is -2.14. The molecule has 1 aromatic heterocycles. The summed E-state index contributed by atoms with van der Waals surface area (Å²) in [6.07, 6.45) is 2.90. The summed E-state index contributed by atoms with van der Waals surface area (Å²) in [5.41, 5.74) is 3.17. The molecule has 0 atom stereocenters. The molecule has 0 bridgehead atoms. The van der Waals surface area contributed by atoms with Crippen molar-refractivity contribution in [2.75, 3.05) is 36.2 Å². The van der Waals surface area contributed by atoms with Crippen molar-refractivity contribution in [3.63, 3.8) is 0 Å². The quantitative estimate of drug-likeness (QED) is 0.851. The molecule has 2 rings (SSSR count). The molecule has 0 unspecified atom stereocenters. The predicted octanol–water partition coefficient (Wildman–Crippen LogP) is 3.42. The molecule has 2 aromatic rings. The molecule has 0 spiro atoms. The lowest BCUT2D eigenvalue weighted by molar-refractivity contribution is 0.960.